The van der Waals surface area contributed by atoms with Gasteiger partial charge in [-0.05, 0) is 11.4 Å². The van der Waals surface area contributed by atoms with Crippen LogP contribution in [-0.4, -0.2) is 83.9 Å². The molecule has 150 valence electrons. The van der Waals surface area contributed by atoms with E-state index in [0.717, 1.165) is 10.0 Å². The van der Waals surface area contributed by atoms with Crippen LogP contribution < -0.4 is 9.80 Å². The molecular weight excluding hydrogens is 398 g/mol. The molecule has 3 fully saturated rings. The van der Waals surface area contributed by atoms with Gasteiger partial charge in [0.2, 0.25) is 11.1 Å². The van der Waals surface area contributed by atoms with Gasteiger partial charge in [0.05, 0.1) is 24.1 Å². The minimum Gasteiger partial charge on any atom is -0.396 e. The van der Waals surface area contributed by atoms with E-state index in [9.17, 15) is 9.90 Å². The molecule has 0 unspecified atom stereocenters. The lowest BCUT2D eigenvalue weighted by molar-refractivity contribution is -0.0625. The Morgan fingerprint density at radius 1 is 1.43 bits per heavy atom. The number of amides is 1. The molecule has 0 aliphatic carbocycles. The number of anilines is 2. The van der Waals surface area contributed by atoms with Gasteiger partial charge in [-0.15, -0.1) is 11.3 Å². The Morgan fingerprint density at radius 2 is 2.29 bits per heavy atom. The van der Waals surface area contributed by atoms with Crippen LogP contribution in [0.2, 0.25) is 0 Å². The van der Waals surface area contributed by atoms with Crippen molar-refractivity contribution in [1.82, 2.24) is 14.3 Å². The number of ether oxygens (including phenoxy) is 1. The van der Waals surface area contributed by atoms with Gasteiger partial charge in [-0.25, -0.2) is 0 Å². The molecule has 1 amide bonds. The van der Waals surface area contributed by atoms with Gasteiger partial charge in [-0.3, -0.25) is 4.79 Å². The number of carbonyl (C=O) groups is 1. The lowest BCUT2D eigenvalue weighted by Crippen LogP contribution is -2.54. The molecule has 2 bridgehead atoms. The summed E-state index contributed by atoms with van der Waals surface area (Å²) >= 11 is 2.85. The van der Waals surface area contributed by atoms with Gasteiger partial charge in [0.1, 0.15) is 5.60 Å². The lowest BCUT2D eigenvalue weighted by Gasteiger charge is -2.40. The summed E-state index contributed by atoms with van der Waals surface area (Å²) in [5.41, 5.74) is -0.451. The van der Waals surface area contributed by atoms with Crippen molar-refractivity contribution < 1.29 is 14.6 Å². The molecule has 4 atom stereocenters. The highest BCUT2D eigenvalue weighted by Crippen LogP contribution is 2.50. The predicted octanol–water partition coefficient (Wildman–Crippen LogP) is 1.00. The SMILES string of the molecule is CN(C)c1nsc(N2C[C@H]3O[C@@]4(CN(C(=O)c5cccs5)C[C@@H]4[C@@H]3CO)C2)n1. The zero-order chi connectivity index (χ0) is 19.5. The van der Waals surface area contributed by atoms with Crippen molar-refractivity contribution in [2.45, 2.75) is 11.7 Å². The van der Waals surface area contributed by atoms with Crippen LogP contribution >= 0.6 is 22.9 Å². The number of hydrogen-bond donors (Lipinski definition) is 1. The zero-order valence-electron chi connectivity index (χ0n) is 15.8. The number of rotatable bonds is 4. The van der Waals surface area contributed by atoms with Gasteiger partial charge >= 0.3 is 0 Å². The van der Waals surface area contributed by atoms with Crippen molar-refractivity contribution in [1.29, 1.82) is 0 Å². The molecule has 0 aromatic carbocycles. The van der Waals surface area contributed by atoms with Gasteiger partial charge < -0.3 is 24.5 Å². The first-order chi connectivity index (χ1) is 13.5. The van der Waals surface area contributed by atoms with Gasteiger partial charge in [0.25, 0.3) is 5.91 Å². The summed E-state index contributed by atoms with van der Waals surface area (Å²) in [6, 6.07) is 3.76. The molecule has 5 rings (SSSR count). The van der Waals surface area contributed by atoms with E-state index in [1.807, 2.05) is 41.4 Å². The molecule has 3 aliphatic heterocycles. The van der Waals surface area contributed by atoms with Gasteiger partial charge in [-0.2, -0.15) is 9.36 Å². The third-order valence-corrected chi connectivity index (χ3v) is 7.72. The minimum atomic E-state index is -0.451. The molecule has 1 N–H and O–H groups in total. The van der Waals surface area contributed by atoms with Crippen molar-refractivity contribution in [2.24, 2.45) is 11.8 Å². The first-order valence-corrected chi connectivity index (χ1v) is 11.0. The molecule has 8 nitrogen and oxygen atoms in total. The monoisotopic (exact) mass is 421 g/mol. The summed E-state index contributed by atoms with van der Waals surface area (Å²) in [6.45, 7) is 2.62. The summed E-state index contributed by atoms with van der Waals surface area (Å²) in [5.74, 6) is 0.927. The second-order valence-electron chi connectivity index (χ2n) is 7.99. The maximum Gasteiger partial charge on any atom is 0.264 e. The average molecular weight is 422 g/mol. The van der Waals surface area contributed by atoms with E-state index >= 15 is 0 Å². The quantitative estimate of drug-likeness (QED) is 0.789. The Bertz CT molecular complexity index is 872. The Kier molecular flexibility index (Phi) is 4.34. The molecule has 3 saturated heterocycles. The smallest absolute Gasteiger partial charge is 0.264 e. The molecule has 0 saturated carbocycles. The van der Waals surface area contributed by atoms with Crippen LogP contribution in [0, 0.1) is 11.8 Å². The summed E-state index contributed by atoms with van der Waals surface area (Å²) in [7, 11) is 3.85. The highest BCUT2D eigenvalue weighted by Gasteiger charge is 2.63. The minimum absolute atomic E-state index is 0.0346. The van der Waals surface area contributed by atoms with Crippen LogP contribution in [0.3, 0.4) is 0 Å². The number of thiophene rings is 1. The Labute approximate surface area is 171 Å². The maximum atomic E-state index is 12.9. The van der Waals surface area contributed by atoms with E-state index in [-0.39, 0.29) is 30.5 Å². The first-order valence-electron chi connectivity index (χ1n) is 9.38. The van der Waals surface area contributed by atoms with E-state index in [1.165, 1.54) is 22.9 Å². The van der Waals surface area contributed by atoms with E-state index in [4.69, 9.17) is 4.74 Å². The third-order valence-electron chi connectivity index (χ3n) is 6.10. The van der Waals surface area contributed by atoms with Crippen LogP contribution in [0.15, 0.2) is 17.5 Å². The number of aliphatic hydroxyl groups excluding tert-OH is 1. The van der Waals surface area contributed by atoms with Gasteiger partial charge in [0.15, 0.2) is 0 Å². The summed E-state index contributed by atoms with van der Waals surface area (Å²) in [6.07, 6.45) is -0.0468. The van der Waals surface area contributed by atoms with Crippen LogP contribution in [0.5, 0.6) is 0 Å². The van der Waals surface area contributed by atoms with Crippen molar-refractivity contribution in [3.05, 3.63) is 22.4 Å². The van der Waals surface area contributed by atoms with Crippen LogP contribution in [0.25, 0.3) is 0 Å². The standard InChI is InChI=1S/C18H23N5O3S2/c1-21(2)16-19-17(28-20-16)23-7-13-11(8-24)12-6-22(9-18(12,10-23)26-13)15(25)14-4-3-5-27-14/h3-5,11-13,24H,6-10H2,1-2H3/t11-,12+,13+,18-/m0/s1. The number of morpholine rings is 1. The average Bonchev–Trinajstić information content (AvgIpc) is 3.44. The topological polar surface area (TPSA) is 82.0 Å². The summed E-state index contributed by atoms with van der Waals surface area (Å²) in [5, 5.41) is 12.9. The second kappa shape index (κ2) is 6.65. The lowest BCUT2D eigenvalue weighted by atomic mass is 9.83. The fourth-order valence-electron chi connectivity index (χ4n) is 4.81. The van der Waals surface area contributed by atoms with Crippen molar-refractivity contribution in [2.75, 3.05) is 56.7 Å². The molecular formula is C18H23N5O3S2. The van der Waals surface area contributed by atoms with Crippen molar-refractivity contribution >= 4 is 39.9 Å². The van der Waals surface area contributed by atoms with Crippen LogP contribution in [0.1, 0.15) is 9.67 Å². The van der Waals surface area contributed by atoms with E-state index in [0.29, 0.717) is 32.1 Å². The molecule has 1 spiro atoms. The number of aliphatic hydroxyl groups is 1. The molecule has 28 heavy (non-hydrogen) atoms. The largest absolute Gasteiger partial charge is 0.396 e. The molecule has 5 heterocycles. The first kappa shape index (κ1) is 18.3. The number of likely N-dealkylation sites (tertiary alicyclic amines) is 1. The summed E-state index contributed by atoms with van der Waals surface area (Å²) in [4.78, 5) is 24.3. The van der Waals surface area contributed by atoms with E-state index in [2.05, 4.69) is 14.3 Å². The van der Waals surface area contributed by atoms with Crippen molar-refractivity contribution in [3.8, 4) is 0 Å². The molecule has 2 aromatic heterocycles. The second-order valence-corrected chi connectivity index (χ2v) is 9.67. The van der Waals surface area contributed by atoms with Crippen LogP contribution in [-0.2, 0) is 4.74 Å². The Hall–Kier alpha value is -1.75. The van der Waals surface area contributed by atoms with E-state index in [1.54, 1.807) is 0 Å². The zero-order valence-corrected chi connectivity index (χ0v) is 17.4. The van der Waals surface area contributed by atoms with Gasteiger partial charge in [0, 0.05) is 57.2 Å². The number of carbonyl (C=O) groups excluding carboxylic acids is 1. The fourth-order valence-corrected chi connectivity index (χ4v) is 6.24. The number of aromatic nitrogens is 2. The summed E-state index contributed by atoms with van der Waals surface area (Å²) < 4.78 is 10.9. The van der Waals surface area contributed by atoms with Crippen molar-refractivity contribution in [3.63, 3.8) is 0 Å². The molecule has 10 heteroatoms. The molecule has 3 aliphatic rings. The van der Waals surface area contributed by atoms with E-state index < -0.39 is 5.60 Å². The Morgan fingerprint density at radius 3 is 2.96 bits per heavy atom. The highest BCUT2D eigenvalue weighted by molar-refractivity contribution is 7.12. The highest BCUT2D eigenvalue weighted by atomic mass is 32.1. The molecule has 0 radical (unpaired) electrons. The normalized spacial score (nSPS) is 31.3. The number of hydrogen-bond acceptors (Lipinski definition) is 9. The fraction of sp³-hybridized carbons (Fsp3) is 0.611. The molecule has 2 aromatic rings. The number of fused-ring (bicyclic) bond motifs is 1. The van der Waals surface area contributed by atoms with Crippen LogP contribution in [0.4, 0.5) is 11.1 Å². The Balaban J connectivity index is 1.42. The maximum absolute atomic E-state index is 12.9. The number of nitrogens with zero attached hydrogens (tertiary/aromatic N) is 5. The van der Waals surface area contributed by atoms with Gasteiger partial charge in [-0.1, -0.05) is 6.07 Å². The third kappa shape index (κ3) is 2.73. The predicted molar refractivity (Wildman–Crippen MR) is 108 cm³/mol.